The van der Waals surface area contributed by atoms with Gasteiger partial charge in [0.2, 0.25) is 0 Å². The maximum Gasteiger partial charge on any atom is 0.166 e. The number of nitrogens with zero attached hydrogens (tertiary/aromatic N) is 3. The van der Waals surface area contributed by atoms with Gasteiger partial charge in [0.15, 0.2) is 23.1 Å². The monoisotopic (exact) mass is 592 g/mol. The van der Waals surface area contributed by atoms with Gasteiger partial charge in [-0.1, -0.05) is 31.1 Å². The van der Waals surface area contributed by atoms with Crippen LogP contribution in [0.1, 0.15) is 36.6 Å². The zero-order valence-electron chi connectivity index (χ0n) is 22.5. The number of halogens is 3. The van der Waals surface area contributed by atoms with Crippen LogP contribution in [0.3, 0.4) is 0 Å². The van der Waals surface area contributed by atoms with Crippen molar-refractivity contribution >= 4 is 48.3 Å². The molecule has 1 aliphatic heterocycles. The summed E-state index contributed by atoms with van der Waals surface area (Å²) in [5.74, 6) is 0.465. The van der Waals surface area contributed by atoms with E-state index in [4.69, 9.17) is 43.8 Å². The average Bonchev–Trinajstić information content (AvgIpc) is 2.86. The summed E-state index contributed by atoms with van der Waals surface area (Å²) in [7, 11) is 1.43. The molecule has 39 heavy (non-hydrogen) atoms. The number of nitrogens with two attached hydrogens (primary N) is 1. The molecular weight excluding hydrogens is 561 g/mol. The third-order valence-electron chi connectivity index (χ3n) is 6.52. The number of methoxy groups -OCH3 is 1. The van der Waals surface area contributed by atoms with Crippen LogP contribution in [0.2, 0.25) is 10.0 Å². The second-order valence-electron chi connectivity index (χ2n) is 10.1. The Morgan fingerprint density at radius 1 is 1.21 bits per heavy atom. The fraction of sp³-hybridized carbons (Fsp3) is 0.370. The van der Waals surface area contributed by atoms with E-state index in [0.717, 1.165) is 6.29 Å². The molecule has 1 saturated heterocycles. The highest BCUT2D eigenvalue weighted by Gasteiger charge is 2.40. The molecular formula is C27H32Cl2FN6O2P. The number of hydrogen-bond acceptors (Lipinski definition) is 8. The molecule has 0 amide bonds. The number of aromatic nitrogens is 2. The first-order chi connectivity index (χ1) is 18.4. The highest BCUT2D eigenvalue weighted by atomic mass is 35.5. The quantitative estimate of drug-likeness (QED) is 0.152. The fourth-order valence-corrected chi connectivity index (χ4v) is 5.84. The van der Waals surface area contributed by atoms with Gasteiger partial charge in [0.1, 0.15) is 6.10 Å². The van der Waals surface area contributed by atoms with Crippen molar-refractivity contribution in [2.24, 2.45) is 0 Å². The molecule has 12 heteroatoms. The molecule has 4 N–H and O–H groups in total. The Kier molecular flexibility index (Phi) is 8.86. The third kappa shape index (κ3) is 6.38. The van der Waals surface area contributed by atoms with Crippen LogP contribution in [0.15, 0.2) is 36.8 Å². The lowest BCUT2D eigenvalue weighted by molar-refractivity contribution is 0.216. The van der Waals surface area contributed by atoms with E-state index in [9.17, 15) is 0 Å². The molecule has 0 aliphatic carbocycles. The molecule has 4 rings (SSSR count). The topological polar surface area (TPSA) is 109 Å². The molecule has 0 saturated carbocycles. The Bertz CT molecular complexity index is 1370. The predicted molar refractivity (Wildman–Crippen MR) is 158 cm³/mol. The molecule has 1 aromatic carbocycles. The first-order valence-electron chi connectivity index (χ1n) is 12.2. The largest absolute Gasteiger partial charge is 0.493 e. The molecule has 3 aromatic rings. The van der Waals surface area contributed by atoms with E-state index < -0.39 is 11.9 Å². The van der Waals surface area contributed by atoms with E-state index in [0.29, 0.717) is 45.8 Å². The number of ether oxygens (including phenoxy) is 2. The molecule has 8 nitrogen and oxygen atoms in total. The van der Waals surface area contributed by atoms with Crippen LogP contribution in [0, 0.1) is 11.2 Å². The van der Waals surface area contributed by atoms with Crippen LogP contribution in [-0.4, -0.2) is 61.0 Å². The maximum atomic E-state index is 15.2. The van der Waals surface area contributed by atoms with Gasteiger partial charge < -0.3 is 25.4 Å². The normalized spacial score (nSPS) is 15.2. The molecule has 1 aliphatic rings. The summed E-state index contributed by atoms with van der Waals surface area (Å²) in [4.78, 5) is 10.2. The van der Waals surface area contributed by atoms with E-state index in [2.05, 4.69) is 35.5 Å². The van der Waals surface area contributed by atoms with Crippen LogP contribution >= 0.6 is 31.1 Å². The molecule has 0 spiro atoms. The Hall–Kier alpha value is -2.71. The molecule has 3 heterocycles. The van der Waals surface area contributed by atoms with Gasteiger partial charge in [0, 0.05) is 66.4 Å². The highest BCUT2D eigenvalue weighted by Crippen LogP contribution is 2.39. The SMILES string of the molecule is COc1cc(N)c(C(=N)c2cnc(N3CC(C)(NCP(C)C)C3)c(F)c2)cc1O[C@H](C)c1c(Cl)cncc1Cl. The van der Waals surface area contributed by atoms with Gasteiger partial charge in [-0.3, -0.25) is 10.4 Å². The minimum absolute atomic E-state index is 0.0000519. The lowest BCUT2D eigenvalue weighted by Crippen LogP contribution is -2.68. The minimum atomic E-state index is -0.565. The molecule has 1 fully saturated rings. The smallest absolute Gasteiger partial charge is 0.166 e. The number of benzene rings is 1. The van der Waals surface area contributed by atoms with Gasteiger partial charge in [0.25, 0.3) is 0 Å². The van der Waals surface area contributed by atoms with Crippen molar-refractivity contribution in [3.05, 3.63) is 69.3 Å². The number of nitrogen functional groups attached to an aromatic ring is 1. The number of anilines is 2. The fourth-order valence-electron chi connectivity index (χ4n) is 4.47. The Balaban J connectivity index is 1.55. The van der Waals surface area contributed by atoms with Crippen LogP contribution in [-0.2, 0) is 0 Å². The summed E-state index contributed by atoms with van der Waals surface area (Å²) in [6.07, 6.45) is 4.86. The van der Waals surface area contributed by atoms with E-state index in [1.165, 1.54) is 31.8 Å². The lowest BCUT2D eigenvalue weighted by Gasteiger charge is -2.49. The molecule has 1 atom stereocenters. The van der Waals surface area contributed by atoms with E-state index in [1.54, 1.807) is 19.1 Å². The van der Waals surface area contributed by atoms with Gasteiger partial charge in [-0.15, -0.1) is 0 Å². The molecule has 2 aromatic heterocycles. The van der Waals surface area contributed by atoms with E-state index in [-0.39, 0.29) is 36.2 Å². The first-order valence-corrected chi connectivity index (χ1v) is 15.4. The summed E-state index contributed by atoms with van der Waals surface area (Å²) in [6, 6.07) is 4.46. The van der Waals surface area contributed by atoms with Crippen molar-refractivity contribution in [3.63, 3.8) is 0 Å². The third-order valence-corrected chi connectivity index (χ3v) is 7.91. The second kappa shape index (κ2) is 11.8. The summed E-state index contributed by atoms with van der Waals surface area (Å²) < 4.78 is 26.8. The molecule has 208 valence electrons. The lowest BCUT2D eigenvalue weighted by atomic mass is 9.92. The molecule has 0 unspecified atom stereocenters. The predicted octanol–water partition coefficient (Wildman–Crippen LogP) is 5.94. The minimum Gasteiger partial charge on any atom is -0.493 e. The van der Waals surface area contributed by atoms with Crippen molar-refractivity contribution in [1.29, 1.82) is 5.41 Å². The molecule has 0 radical (unpaired) electrons. The van der Waals surface area contributed by atoms with Crippen molar-refractivity contribution in [2.75, 3.05) is 50.4 Å². The van der Waals surface area contributed by atoms with E-state index >= 15 is 4.39 Å². The average molecular weight is 593 g/mol. The maximum absolute atomic E-state index is 15.2. The number of pyridine rings is 2. The van der Waals surface area contributed by atoms with Gasteiger partial charge in [0.05, 0.1) is 28.4 Å². The summed E-state index contributed by atoms with van der Waals surface area (Å²) >= 11 is 12.6. The number of rotatable bonds is 10. The second-order valence-corrected chi connectivity index (χ2v) is 13.4. The zero-order chi connectivity index (χ0) is 28.5. The van der Waals surface area contributed by atoms with Gasteiger partial charge >= 0.3 is 0 Å². The summed E-state index contributed by atoms with van der Waals surface area (Å²) in [6.45, 7) is 9.67. The Labute approximate surface area is 239 Å². The molecule has 0 bridgehead atoms. The highest BCUT2D eigenvalue weighted by molar-refractivity contribution is 7.55. The van der Waals surface area contributed by atoms with Crippen molar-refractivity contribution < 1.29 is 13.9 Å². The van der Waals surface area contributed by atoms with Crippen LogP contribution in [0.25, 0.3) is 0 Å². The number of nitrogens with one attached hydrogen (secondary N) is 2. The first kappa shape index (κ1) is 29.3. The van der Waals surface area contributed by atoms with E-state index in [1.807, 2.05) is 4.90 Å². The summed E-state index contributed by atoms with van der Waals surface area (Å²) in [5.41, 5.74) is 7.67. The van der Waals surface area contributed by atoms with Gasteiger partial charge in [-0.05, 0) is 39.3 Å². The van der Waals surface area contributed by atoms with Crippen molar-refractivity contribution in [3.8, 4) is 11.5 Å². The standard InChI is InChI=1S/C27H32Cl2FN6O2P/c1-15(24-18(28)10-33-11-19(24)29)38-23-7-17(21(31)8-22(23)37-3)25(32)16-6-20(30)26(34-9-16)36-12-27(2,13-36)35-14-39(4)5/h6-11,15,32,35H,12-14,31H2,1-5H3/t15-/m1/s1. The summed E-state index contributed by atoms with van der Waals surface area (Å²) in [5, 5.41) is 13.1. The van der Waals surface area contributed by atoms with Gasteiger partial charge in [-0.2, -0.15) is 0 Å². The number of hydrogen-bond donors (Lipinski definition) is 3. The Morgan fingerprint density at radius 3 is 2.46 bits per heavy atom. The van der Waals surface area contributed by atoms with Crippen LogP contribution < -0.4 is 25.4 Å². The van der Waals surface area contributed by atoms with Crippen molar-refractivity contribution in [2.45, 2.75) is 25.5 Å². The Morgan fingerprint density at radius 2 is 1.87 bits per heavy atom. The zero-order valence-corrected chi connectivity index (χ0v) is 24.9. The van der Waals surface area contributed by atoms with Crippen molar-refractivity contribution in [1.82, 2.24) is 15.3 Å². The van der Waals surface area contributed by atoms with Crippen LogP contribution in [0.4, 0.5) is 15.9 Å². The van der Waals surface area contributed by atoms with Crippen LogP contribution in [0.5, 0.6) is 11.5 Å². The van der Waals surface area contributed by atoms with Gasteiger partial charge in [-0.25, -0.2) is 9.37 Å².